The molecule has 0 spiro atoms. The van der Waals surface area contributed by atoms with Gasteiger partial charge in [-0.3, -0.25) is 4.31 Å². The van der Waals surface area contributed by atoms with Crippen LogP contribution in [-0.2, 0) is 10.0 Å². The van der Waals surface area contributed by atoms with Crippen molar-refractivity contribution in [2.45, 2.75) is 18.7 Å². The van der Waals surface area contributed by atoms with Crippen LogP contribution in [0.2, 0.25) is 0 Å². The summed E-state index contributed by atoms with van der Waals surface area (Å²) < 4.78 is 26.7. The number of nitriles is 1. The Hall–Kier alpha value is -2.32. The van der Waals surface area contributed by atoms with Crippen LogP contribution < -0.4 is 4.31 Å². The van der Waals surface area contributed by atoms with Crippen LogP contribution in [0.5, 0.6) is 0 Å². The molecular formula is C16H16N2O2S. The highest BCUT2D eigenvalue weighted by molar-refractivity contribution is 7.92. The van der Waals surface area contributed by atoms with Crippen molar-refractivity contribution in [3.05, 3.63) is 59.2 Å². The lowest BCUT2D eigenvalue weighted by atomic mass is 10.2. The summed E-state index contributed by atoms with van der Waals surface area (Å²) in [5.41, 5.74) is 2.62. The quantitative estimate of drug-likeness (QED) is 0.875. The van der Waals surface area contributed by atoms with E-state index in [0.29, 0.717) is 21.7 Å². The fraction of sp³-hybridized carbons (Fsp3) is 0.188. The van der Waals surface area contributed by atoms with Gasteiger partial charge in [-0.1, -0.05) is 12.1 Å². The molecule has 5 heteroatoms. The average molecular weight is 300 g/mol. The first kappa shape index (κ1) is 15.1. The molecule has 4 nitrogen and oxygen atoms in total. The maximum absolute atomic E-state index is 12.7. The molecular weight excluding hydrogens is 284 g/mol. The van der Waals surface area contributed by atoms with Gasteiger partial charge in [0.25, 0.3) is 10.0 Å². The third-order valence-corrected chi connectivity index (χ3v) is 5.27. The van der Waals surface area contributed by atoms with E-state index in [0.717, 1.165) is 5.56 Å². The lowest BCUT2D eigenvalue weighted by molar-refractivity contribution is 0.593. The van der Waals surface area contributed by atoms with Crippen molar-refractivity contribution in [3.8, 4) is 6.07 Å². The topological polar surface area (TPSA) is 61.2 Å². The van der Waals surface area contributed by atoms with E-state index in [1.807, 2.05) is 19.1 Å². The van der Waals surface area contributed by atoms with Gasteiger partial charge in [0, 0.05) is 7.05 Å². The van der Waals surface area contributed by atoms with Gasteiger partial charge in [0.2, 0.25) is 0 Å². The van der Waals surface area contributed by atoms with Crippen LogP contribution in [0.4, 0.5) is 5.69 Å². The van der Waals surface area contributed by atoms with E-state index in [4.69, 9.17) is 5.26 Å². The Morgan fingerprint density at radius 3 is 2.24 bits per heavy atom. The molecule has 0 saturated heterocycles. The van der Waals surface area contributed by atoms with Gasteiger partial charge in [-0.2, -0.15) is 5.26 Å². The Balaban J connectivity index is 2.47. The normalized spacial score (nSPS) is 11.0. The second-order valence-electron chi connectivity index (χ2n) is 4.90. The predicted molar refractivity (Wildman–Crippen MR) is 82.7 cm³/mol. The van der Waals surface area contributed by atoms with Crippen molar-refractivity contribution < 1.29 is 8.42 Å². The Kier molecular flexibility index (Phi) is 4.01. The van der Waals surface area contributed by atoms with Crippen LogP contribution in [0.1, 0.15) is 16.7 Å². The highest BCUT2D eigenvalue weighted by atomic mass is 32.2. The van der Waals surface area contributed by atoms with Gasteiger partial charge >= 0.3 is 0 Å². The Morgan fingerprint density at radius 2 is 1.67 bits per heavy atom. The largest absolute Gasteiger partial charge is 0.269 e. The zero-order valence-corrected chi connectivity index (χ0v) is 13.0. The molecule has 0 aliphatic heterocycles. The highest BCUT2D eigenvalue weighted by Crippen LogP contribution is 2.25. The van der Waals surface area contributed by atoms with Gasteiger partial charge in [-0.25, -0.2) is 8.42 Å². The van der Waals surface area contributed by atoms with Gasteiger partial charge in [0.05, 0.1) is 22.2 Å². The van der Waals surface area contributed by atoms with Crippen molar-refractivity contribution in [1.29, 1.82) is 5.26 Å². The third kappa shape index (κ3) is 2.91. The summed E-state index contributed by atoms with van der Waals surface area (Å²) in [6, 6.07) is 13.8. The summed E-state index contributed by atoms with van der Waals surface area (Å²) in [4.78, 5) is 0.300. The molecule has 0 atom stereocenters. The minimum absolute atomic E-state index is 0.300. The van der Waals surface area contributed by atoms with Crippen molar-refractivity contribution >= 4 is 15.7 Å². The van der Waals surface area contributed by atoms with Gasteiger partial charge < -0.3 is 0 Å². The molecule has 2 aromatic carbocycles. The smallest absolute Gasteiger partial charge is 0.264 e. The third-order valence-electron chi connectivity index (χ3n) is 3.34. The van der Waals surface area contributed by atoms with Gasteiger partial charge in [-0.05, 0) is 55.3 Å². The summed E-state index contributed by atoms with van der Waals surface area (Å²) in [5, 5.41) is 8.79. The van der Waals surface area contributed by atoms with Crippen LogP contribution in [0, 0.1) is 25.2 Å². The number of hydrogen-bond acceptors (Lipinski definition) is 3. The van der Waals surface area contributed by atoms with Gasteiger partial charge in [0.15, 0.2) is 0 Å². The van der Waals surface area contributed by atoms with Crippen molar-refractivity contribution in [2.75, 3.05) is 11.4 Å². The standard InChI is InChI=1S/C16H16N2O2S/c1-12-4-5-13(2)16(10-12)21(19,20)18(3)15-8-6-14(11-17)7-9-15/h4-10H,1-3H3. The molecule has 0 bridgehead atoms. The number of aryl methyl sites for hydroxylation is 2. The maximum atomic E-state index is 12.7. The molecule has 21 heavy (non-hydrogen) atoms. The molecule has 0 aromatic heterocycles. The number of nitrogens with zero attached hydrogens (tertiary/aromatic N) is 2. The highest BCUT2D eigenvalue weighted by Gasteiger charge is 2.23. The summed E-state index contributed by atoms with van der Waals surface area (Å²) in [6.07, 6.45) is 0. The van der Waals surface area contributed by atoms with Crippen molar-refractivity contribution in [1.82, 2.24) is 0 Å². The first-order valence-electron chi connectivity index (χ1n) is 6.42. The Labute approximate surface area is 125 Å². The summed E-state index contributed by atoms with van der Waals surface area (Å²) >= 11 is 0. The van der Waals surface area contributed by atoms with Crippen molar-refractivity contribution in [3.63, 3.8) is 0 Å². The van der Waals surface area contributed by atoms with Gasteiger partial charge in [0.1, 0.15) is 0 Å². The molecule has 0 amide bonds. The minimum Gasteiger partial charge on any atom is -0.269 e. The molecule has 0 radical (unpaired) electrons. The van der Waals surface area contributed by atoms with E-state index in [1.54, 1.807) is 43.3 Å². The van der Waals surface area contributed by atoms with Crippen LogP contribution in [0.3, 0.4) is 0 Å². The maximum Gasteiger partial charge on any atom is 0.264 e. The monoisotopic (exact) mass is 300 g/mol. The molecule has 0 heterocycles. The molecule has 0 fully saturated rings. The predicted octanol–water partition coefficient (Wildman–Crippen LogP) is 3.00. The lowest BCUT2D eigenvalue weighted by Gasteiger charge is -2.21. The number of rotatable bonds is 3. The fourth-order valence-corrected chi connectivity index (χ4v) is 3.52. The van der Waals surface area contributed by atoms with E-state index in [1.165, 1.54) is 11.4 Å². The molecule has 2 rings (SSSR count). The molecule has 0 saturated carbocycles. The molecule has 0 unspecified atom stereocenters. The number of sulfonamides is 1. The van der Waals surface area contributed by atoms with E-state index < -0.39 is 10.0 Å². The number of benzene rings is 2. The first-order valence-corrected chi connectivity index (χ1v) is 7.86. The SMILES string of the molecule is Cc1ccc(C)c(S(=O)(=O)N(C)c2ccc(C#N)cc2)c1. The number of anilines is 1. The molecule has 108 valence electrons. The van der Waals surface area contributed by atoms with E-state index in [9.17, 15) is 8.42 Å². The van der Waals surface area contributed by atoms with E-state index >= 15 is 0 Å². The molecule has 0 aliphatic carbocycles. The minimum atomic E-state index is -3.61. The van der Waals surface area contributed by atoms with Crippen LogP contribution in [-0.4, -0.2) is 15.5 Å². The lowest BCUT2D eigenvalue weighted by Crippen LogP contribution is -2.27. The Bertz CT molecular complexity index is 803. The zero-order chi connectivity index (χ0) is 15.6. The Morgan fingerprint density at radius 1 is 1.05 bits per heavy atom. The molecule has 0 aliphatic rings. The zero-order valence-electron chi connectivity index (χ0n) is 12.2. The van der Waals surface area contributed by atoms with Crippen LogP contribution >= 0.6 is 0 Å². The summed E-state index contributed by atoms with van der Waals surface area (Å²) in [5.74, 6) is 0. The summed E-state index contributed by atoms with van der Waals surface area (Å²) in [6.45, 7) is 3.64. The summed E-state index contributed by atoms with van der Waals surface area (Å²) in [7, 11) is -2.10. The van der Waals surface area contributed by atoms with E-state index in [-0.39, 0.29) is 0 Å². The first-order chi connectivity index (χ1) is 9.86. The van der Waals surface area contributed by atoms with Gasteiger partial charge in [-0.15, -0.1) is 0 Å². The number of hydrogen-bond donors (Lipinski definition) is 0. The second-order valence-corrected chi connectivity index (χ2v) is 6.84. The van der Waals surface area contributed by atoms with Crippen LogP contribution in [0.15, 0.2) is 47.4 Å². The van der Waals surface area contributed by atoms with Crippen molar-refractivity contribution in [2.24, 2.45) is 0 Å². The van der Waals surface area contributed by atoms with Crippen LogP contribution in [0.25, 0.3) is 0 Å². The molecule has 0 N–H and O–H groups in total. The fourth-order valence-electron chi connectivity index (χ4n) is 2.02. The molecule has 2 aromatic rings. The average Bonchev–Trinajstić information content (AvgIpc) is 2.49. The van der Waals surface area contributed by atoms with E-state index in [2.05, 4.69) is 0 Å². The second kappa shape index (κ2) is 5.58.